The SMILES string of the molecule is C=CC(=O)OC1CC(C(=O)OC2CCCCO2)CC(C(=O)OC2CCCCO2)C1. The van der Waals surface area contributed by atoms with Gasteiger partial charge in [-0.05, 0) is 44.9 Å². The van der Waals surface area contributed by atoms with Crippen molar-refractivity contribution in [3.63, 3.8) is 0 Å². The van der Waals surface area contributed by atoms with E-state index in [4.69, 9.17) is 23.7 Å². The molecule has 3 aliphatic rings. The van der Waals surface area contributed by atoms with Gasteiger partial charge in [0.05, 0.1) is 25.0 Å². The Kier molecular flexibility index (Phi) is 8.06. The molecule has 29 heavy (non-hydrogen) atoms. The summed E-state index contributed by atoms with van der Waals surface area (Å²) in [5.41, 5.74) is 0. The summed E-state index contributed by atoms with van der Waals surface area (Å²) in [7, 11) is 0. The molecule has 2 aliphatic heterocycles. The third kappa shape index (κ3) is 6.54. The maximum atomic E-state index is 12.7. The van der Waals surface area contributed by atoms with E-state index in [1.807, 2.05) is 0 Å². The molecule has 1 aliphatic carbocycles. The Bertz CT molecular complexity index is 551. The summed E-state index contributed by atoms with van der Waals surface area (Å²) in [5.74, 6) is -2.57. The highest BCUT2D eigenvalue weighted by Crippen LogP contribution is 2.34. The predicted molar refractivity (Wildman–Crippen MR) is 100 cm³/mol. The molecule has 0 aromatic carbocycles. The largest absolute Gasteiger partial charge is 0.459 e. The summed E-state index contributed by atoms with van der Waals surface area (Å²) >= 11 is 0. The van der Waals surface area contributed by atoms with Crippen LogP contribution in [0.1, 0.15) is 57.8 Å². The monoisotopic (exact) mass is 410 g/mol. The quantitative estimate of drug-likeness (QED) is 0.374. The van der Waals surface area contributed by atoms with Gasteiger partial charge in [0.25, 0.3) is 0 Å². The standard InChI is InChI=1S/C21H30O8/c1-2-17(22)27-16-12-14(20(23)28-18-7-3-5-9-25-18)11-15(13-16)21(24)29-19-8-4-6-10-26-19/h2,14-16,18-19H,1,3-13H2. The summed E-state index contributed by atoms with van der Waals surface area (Å²) < 4.78 is 27.3. The lowest BCUT2D eigenvalue weighted by Gasteiger charge is -2.34. The van der Waals surface area contributed by atoms with E-state index < -0.39 is 48.4 Å². The van der Waals surface area contributed by atoms with Gasteiger partial charge in [0.1, 0.15) is 6.10 Å². The van der Waals surface area contributed by atoms with Crippen LogP contribution in [0.2, 0.25) is 0 Å². The maximum Gasteiger partial charge on any atom is 0.330 e. The van der Waals surface area contributed by atoms with Gasteiger partial charge in [0.15, 0.2) is 0 Å². The van der Waals surface area contributed by atoms with Gasteiger partial charge < -0.3 is 23.7 Å². The van der Waals surface area contributed by atoms with Crippen LogP contribution < -0.4 is 0 Å². The van der Waals surface area contributed by atoms with Gasteiger partial charge >= 0.3 is 17.9 Å². The fourth-order valence-corrected chi connectivity index (χ4v) is 4.02. The van der Waals surface area contributed by atoms with Crippen molar-refractivity contribution in [1.29, 1.82) is 0 Å². The Morgan fingerprint density at radius 3 is 1.69 bits per heavy atom. The number of ether oxygens (including phenoxy) is 5. The van der Waals surface area contributed by atoms with Crippen molar-refractivity contribution in [1.82, 2.24) is 0 Å². The topological polar surface area (TPSA) is 97.4 Å². The van der Waals surface area contributed by atoms with E-state index in [2.05, 4.69) is 6.58 Å². The Morgan fingerprint density at radius 2 is 1.28 bits per heavy atom. The molecular weight excluding hydrogens is 380 g/mol. The van der Waals surface area contributed by atoms with Crippen LogP contribution in [0.15, 0.2) is 12.7 Å². The molecule has 0 aromatic heterocycles. The lowest BCUT2D eigenvalue weighted by molar-refractivity contribution is -0.199. The molecule has 0 spiro atoms. The second-order valence-corrected chi connectivity index (χ2v) is 7.83. The van der Waals surface area contributed by atoms with E-state index in [-0.39, 0.29) is 0 Å². The molecule has 0 bridgehead atoms. The van der Waals surface area contributed by atoms with E-state index in [1.165, 1.54) is 0 Å². The van der Waals surface area contributed by atoms with E-state index in [0.29, 0.717) is 45.3 Å². The van der Waals surface area contributed by atoms with Crippen molar-refractivity contribution in [3.8, 4) is 0 Å². The van der Waals surface area contributed by atoms with Crippen molar-refractivity contribution in [2.75, 3.05) is 13.2 Å². The molecule has 3 rings (SSSR count). The molecule has 0 radical (unpaired) electrons. The Morgan fingerprint density at radius 1 is 0.759 bits per heavy atom. The first-order valence-corrected chi connectivity index (χ1v) is 10.5. The number of hydrogen-bond donors (Lipinski definition) is 0. The Balaban J connectivity index is 1.61. The minimum atomic E-state index is -0.581. The molecule has 8 heteroatoms. The number of carbonyl (C=O) groups is 3. The van der Waals surface area contributed by atoms with Crippen molar-refractivity contribution < 1.29 is 38.1 Å². The third-order valence-corrected chi connectivity index (χ3v) is 5.55. The molecular formula is C21H30O8. The summed E-state index contributed by atoms with van der Waals surface area (Å²) in [5, 5.41) is 0. The zero-order valence-electron chi connectivity index (χ0n) is 16.7. The van der Waals surface area contributed by atoms with E-state index in [9.17, 15) is 14.4 Å². The predicted octanol–water partition coefficient (Wildman–Crippen LogP) is 2.64. The second-order valence-electron chi connectivity index (χ2n) is 7.83. The molecule has 3 fully saturated rings. The lowest BCUT2D eigenvalue weighted by atomic mass is 9.79. The van der Waals surface area contributed by atoms with Crippen molar-refractivity contribution in [3.05, 3.63) is 12.7 Å². The summed E-state index contributed by atoms with van der Waals surface area (Å²) in [6.45, 7) is 4.53. The summed E-state index contributed by atoms with van der Waals surface area (Å²) in [4.78, 5) is 37.0. The van der Waals surface area contributed by atoms with Crippen LogP contribution in [0, 0.1) is 11.8 Å². The first kappa shape index (κ1) is 21.8. The highest BCUT2D eigenvalue weighted by molar-refractivity contribution is 5.81. The second kappa shape index (κ2) is 10.7. The number of carbonyl (C=O) groups excluding carboxylic acids is 3. The normalized spacial score (nSPS) is 32.6. The van der Waals surface area contributed by atoms with E-state index in [0.717, 1.165) is 31.8 Å². The molecule has 0 aromatic rings. The first-order chi connectivity index (χ1) is 14.0. The number of rotatable bonds is 6. The van der Waals surface area contributed by atoms with Crippen LogP contribution >= 0.6 is 0 Å². The molecule has 2 saturated heterocycles. The number of esters is 3. The van der Waals surface area contributed by atoms with Crippen LogP contribution in [0.3, 0.4) is 0 Å². The zero-order valence-corrected chi connectivity index (χ0v) is 16.7. The molecule has 0 N–H and O–H groups in total. The van der Waals surface area contributed by atoms with Gasteiger partial charge in [0, 0.05) is 18.9 Å². The van der Waals surface area contributed by atoms with Crippen molar-refractivity contribution >= 4 is 17.9 Å². The summed E-state index contributed by atoms with van der Waals surface area (Å²) in [6, 6.07) is 0. The van der Waals surface area contributed by atoms with E-state index in [1.54, 1.807) is 0 Å². The minimum Gasteiger partial charge on any atom is -0.459 e. The third-order valence-electron chi connectivity index (χ3n) is 5.55. The average molecular weight is 410 g/mol. The maximum absolute atomic E-state index is 12.7. The van der Waals surface area contributed by atoms with Gasteiger partial charge in [0.2, 0.25) is 12.6 Å². The van der Waals surface area contributed by atoms with Crippen molar-refractivity contribution in [2.24, 2.45) is 11.8 Å². The highest BCUT2D eigenvalue weighted by Gasteiger charge is 2.40. The molecule has 162 valence electrons. The van der Waals surface area contributed by atoms with Crippen molar-refractivity contribution in [2.45, 2.75) is 76.5 Å². The van der Waals surface area contributed by atoms with Gasteiger partial charge in [-0.1, -0.05) is 6.58 Å². The van der Waals surface area contributed by atoms with E-state index >= 15 is 0 Å². The van der Waals surface area contributed by atoms with Gasteiger partial charge in [-0.25, -0.2) is 4.79 Å². The van der Waals surface area contributed by atoms with Gasteiger partial charge in [-0.2, -0.15) is 0 Å². The van der Waals surface area contributed by atoms with Crippen LogP contribution in [-0.2, 0) is 38.1 Å². The first-order valence-electron chi connectivity index (χ1n) is 10.5. The van der Waals surface area contributed by atoms with Gasteiger partial charge in [-0.15, -0.1) is 0 Å². The zero-order chi connectivity index (χ0) is 20.6. The smallest absolute Gasteiger partial charge is 0.330 e. The fourth-order valence-electron chi connectivity index (χ4n) is 4.02. The van der Waals surface area contributed by atoms with Crippen LogP contribution in [0.25, 0.3) is 0 Å². The molecule has 4 unspecified atom stereocenters. The molecule has 4 atom stereocenters. The van der Waals surface area contributed by atoms with Gasteiger partial charge in [-0.3, -0.25) is 9.59 Å². The van der Waals surface area contributed by atoms with Crippen LogP contribution in [-0.4, -0.2) is 49.8 Å². The molecule has 1 saturated carbocycles. The van der Waals surface area contributed by atoms with Crippen LogP contribution in [0.4, 0.5) is 0 Å². The molecule has 2 heterocycles. The fraction of sp³-hybridized carbons (Fsp3) is 0.762. The highest BCUT2D eigenvalue weighted by atomic mass is 16.7. The average Bonchev–Trinajstić information content (AvgIpc) is 2.74. The molecule has 0 amide bonds. The Labute approximate surface area is 170 Å². The summed E-state index contributed by atoms with van der Waals surface area (Å²) in [6.07, 6.45) is 5.41. The Hall–Kier alpha value is -1.93. The molecule has 8 nitrogen and oxygen atoms in total. The lowest BCUT2D eigenvalue weighted by Crippen LogP contribution is -2.40. The minimum absolute atomic E-state index is 0.291. The number of hydrogen-bond acceptors (Lipinski definition) is 8. The van der Waals surface area contributed by atoms with Crippen LogP contribution in [0.5, 0.6) is 0 Å².